The predicted octanol–water partition coefficient (Wildman–Crippen LogP) is 5.79. The summed E-state index contributed by atoms with van der Waals surface area (Å²) >= 11 is 1.75. The number of ether oxygens (including phenoxy) is 1. The quantitative estimate of drug-likeness (QED) is 0.299. The minimum Gasteiger partial charge on any atom is -0.458 e. The van der Waals surface area contributed by atoms with E-state index in [1.54, 1.807) is 11.8 Å². The van der Waals surface area contributed by atoms with Crippen LogP contribution in [0, 0.1) is 5.92 Å². The Kier molecular flexibility index (Phi) is 8.71. The highest BCUT2D eigenvalue weighted by molar-refractivity contribution is 7.98. The topological polar surface area (TPSA) is 38.7 Å². The molecule has 0 unspecified atom stereocenters. The van der Waals surface area contributed by atoms with E-state index in [0.717, 1.165) is 29.0 Å². The van der Waals surface area contributed by atoms with Crippen molar-refractivity contribution in [2.75, 3.05) is 12.0 Å². The second-order valence-electron chi connectivity index (χ2n) is 7.87. The molecule has 0 bridgehead atoms. The highest BCUT2D eigenvalue weighted by Gasteiger charge is 2.31. The number of benzene rings is 2. The first-order chi connectivity index (χ1) is 13.9. The molecule has 0 saturated heterocycles. The molecule has 29 heavy (non-hydrogen) atoms. The molecule has 2 atom stereocenters. The van der Waals surface area contributed by atoms with Crippen molar-refractivity contribution in [3.05, 3.63) is 84.4 Å². The summed E-state index contributed by atoms with van der Waals surface area (Å²) in [4.78, 5) is 18.1. The first-order valence-corrected chi connectivity index (χ1v) is 11.3. The van der Waals surface area contributed by atoms with Crippen molar-refractivity contribution >= 4 is 23.4 Å². The smallest absolute Gasteiger partial charge is 0.332 e. The number of aliphatic imine (C=N–C) groups is 1. The van der Waals surface area contributed by atoms with E-state index >= 15 is 0 Å². The Balaban J connectivity index is 2.55. The number of rotatable bonds is 9. The molecule has 3 nitrogen and oxygen atoms in total. The van der Waals surface area contributed by atoms with Gasteiger partial charge in [-0.2, -0.15) is 11.8 Å². The van der Waals surface area contributed by atoms with Crippen molar-refractivity contribution in [1.82, 2.24) is 0 Å². The molecule has 0 aliphatic carbocycles. The van der Waals surface area contributed by atoms with Crippen molar-refractivity contribution < 1.29 is 9.53 Å². The van der Waals surface area contributed by atoms with Crippen LogP contribution in [0.2, 0.25) is 0 Å². The fraction of sp³-hybridized carbons (Fsp3) is 0.360. The molecule has 0 radical (unpaired) electrons. The first-order valence-electron chi connectivity index (χ1n) is 9.88. The zero-order valence-electron chi connectivity index (χ0n) is 17.8. The maximum absolute atomic E-state index is 13.1. The molecule has 0 aromatic heterocycles. The number of carbonyl (C=O) groups is 1. The molecule has 0 fully saturated rings. The molecule has 2 aromatic rings. The fourth-order valence-corrected chi connectivity index (χ4v) is 3.50. The van der Waals surface area contributed by atoms with Gasteiger partial charge in [-0.05, 0) is 39.2 Å². The van der Waals surface area contributed by atoms with Crippen molar-refractivity contribution in [1.29, 1.82) is 0 Å². The van der Waals surface area contributed by atoms with Gasteiger partial charge >= 0.3 is 5.97 Å². The van der Waals surface area contributed by atoms with Gasteiger partial charge in [0, 0.05) is 17.0 Å². The van der Waals surface area contributed by atoms with Gasteiger partial charge in [0.05, 0.1) is 5.71 Å². The Morgan fingerprint density at radius 3 is 2.00 bits per heavy atom. The Morgan fingerprint density at radius 1 is 1.07 bits per heavy atom. The van der Waals surface area contributed by atoms with Gasteiger partial charge in [0.15, 0.2) is 6.04 Å². The summed E-state index contributed by atoms with van der Waals surface area (Å²) in [5, 5.41) is 0. The summed E-state index contributed by atoms with van der Waals surface area (Å²) in [5.41, 5.74) is 2.16. The summed E-state index contributed by atoms with van der Waals surface area (Å²) in [5.74, 6) is 0.518. The van der Waals surface area contributed by atoms with Crippen molar-refractivity contribution in [3.8, 4) is 0 Å². The molecule has 0 spiro atoms. The van der Waals surface area contributed by atoms with Gasteiger partial charge in [-0.25, -0.2) is 4.79 Å². The maximum atomic E-state index is 13.1. The minimum atomic E-state index is -0.644. The molecule has 2 aromatic carbocycles. The van der Waals surface area contributed by atoms with Gasteiger partial charge in [-0.15, -0.1) is 6.58 Å². The van der Waals surface area contributed by atoms with Crippen LogP contribution in [0.5, 0.6) is 0 Å². The average Bonchev–Trinajstić information content (AvgIpc) is 2.70. The van der Waals surface area contributed by atoms with Crippen LogP contribution in [0.1, 0.15) is 38.3 Å². The number of carbonyl (C=O) groups excluding carboxylic acids is 1. The summed E-state index contributed by atoms with van der Waals surface area (Å²) in [6, 6.07) is 19.3. The zero-order valence-corrected chi connectivity index (χ0v) is 18.6. The minimum absolute atomic E-state index is 0.0975. The number of hydrogen-bond donors (Lipinski definition) is 0. The normalized spacial score (nSPS) is 13.2. The van der Waals surface area contributed by atoms with Crippen LogP contribution >= 0.6 is 11.8 Å². The number of nitrogens with zero attached hydrogens (tertiary/aromatic N) is 1. The number of esters is 1. The van der Waals surface area contributed by atoms with E-state index in [-0.39, 0.29) is 11.9 Å². The van der Waals surface area contributed by atoms with E-state index < -0.39 is 11.6 Å². The molecule has 0 saturated carbocycles. The highest BCUT2D eigenvalue weighted by Crippen LogP contribution is 2.23. The van der Waals surface area contributed by atoms with Gasteiger partial charge in [-0.3, -0.25) is 4.99 Å². The molecule has 4 heteroatoms. The number of hydrogen-bond acceptors (Lipinski definition) is 4. The van der Waals surface area contributed by atoms with Gasteiger partial charge < -0.3 is 4.74 Å². The van der Waals surface area contributed by atoms with Crippen LogP contribution in [0.15, 0.2) is 78.3 Å². The van der Waals surface area contributed by atoms with Gasteiger partial charge in [0.2, 0.25) is 0 Å². The standard InChI is InChI=1S/C25H31NO2S/c1-6-19(17-18-29-5)23(24(27)28-25(2,3)4)26-22(20-13-9-7-10-14-20)21-15-11-8-12-16-21/h6-16,19,23H,1,17-18H2,2-5H3/t19-,23+/m1/s1. The summed E-state index contributed by atoms with van der Waals surface area (Å²) in [6.45, 7) is 9.62. The lowest BCUT2D eigenvalue weighted by Crippen LogP contribution is -2.36. The second kappa shape index (κ2) is 11.0. The monoisotopic (exact) mass is 409 g/mol. The third-order valence-corrected chi connectivity index (χ3v) is 5.02. The molecule has 0 amide bonds. The zero-order chi connectivity index (χ0) is 21.3. The van der Waals surface area contributed by atoms with Crippen LogP contribution in [0.3, 0.4) is 0 Å². The Bertz CT molecular complexity index is 768. The molecule has 0 N–H and O–H groups in total. The summed E-state index contributed by atoms with van der Waals surface area (Å²) < 4.78 is 5.73. The molecule has 2 rings (SSSR count). The SMILES string of the molecule is C=C[C@H](CCSC)[C@H](N=C(c1ccccc1)c1ccccc1)C(=O)OC(C)(C)C. The van der Waals surface area contributed by atoms with Crippen LogP contribution in [-0.4, -0.2) is 35.3 Å². The predicted molar refractivity (Wildman–Crippen MR) is 125 cm³/mol. The van der Waals surface area contributed by atoms with Gasteiger partial charge in [0.1, 0.15) is 5.60 Å². The molecular formula is C25H31NO2S. The molecule has 154 valence electrons. The first kappa shape index (κ1) is 23.0. The van der Waals surface area contributed by atoms with E-state index in [4.69, 9.17) is 9.73 Å². The Morgan fingerprint density at radius 2 is 1.59 bits per heavy atom. The van der Waals surface area contributed by atoms with Crippen LogP contribution in [-0.2, 0) is 9.53 Å². The maximum Gasteiger partial charge on any atom is 0.332 e. The van der Waals surface area contributed by atoms with Gasteiger partial charge in [0.25, 0.3) is 0 Å². The van der Waals surface area contributed by atoms with E-state index in [1.807, 2.05) is 87.5 Å². The molecule has 0 aliphatic heterocycles. The molecule has 0 aliphatic rings. The number of thioether (sulfide) groups is 1. The average molecular weight is 410 g/mol. The Labute approximate surface area is 179 Å². The highest BCUT2D eigenvalue weighted by atomic mass is 32.2. The van der Waals surface area contributed by atoms with E-state index in [9.17, 15) is 4.79 Å². The van der Waals surface area contributed by atoms with Crippen LogP contribution < -0.4 is 0 Å². The van der Waals surface area contributed by atoms with E-state index in [0.29, 0.717) is 0 Å². The lowest BCUT2D eigenvalue weighted by Gasteiger charge is -2.26. The molecular weight excluding hydrogens is 378 g/mol. The van der Waals surface area contributed by atoms with Crippen molar-refractivity contribution in [2.24, 2.45) is 10.9 Å². The third kappa shape index (κ3) is 7.21. The molecule has 0 heterocycles. The van der Waals surface area contributed by atoms with Gasteiger partial charge in [-0.1, -0.05) is 66.7 Å². The largest absolute Gasteiger partial charge is 0.458 e. The van der Waals surface area contributed by atoms with E-state index in [1.165, 1.54) is 0 Å². The second-order valence-corrected chi connectivity index (χ2v) is 8.85. The van der Waals surface area contributed by atoms with Crippen molar-refractivity contribution in [3.63, 3.8) is 0 Å². The Hall–Kier alpha value is -2.33. The van der Waals surface area contributed by atoms with Crippen LogP contribution in [0.4, 0.5) is 0 Å². The fourth-order valence-electron chi connectivity index (χ4n) is 2.99. The third-order valence-electron chi connectivity index (χ3n) is 4.37. The van der Waals surface area contributed by atoms with Crippen molar-refractivity contribution in [2.45, 2.75) is 38.8 Å². The lowest BCUT2D eigenvalue weighted by molar-refractivity contribution is -0.157. The summed E-state index contributed by atoms with van der Waals surface area (Å²) in [6.07, 6.45) is 4.71. The van der Waals surface area contributed by atoms with E-state index in [2.05, 4.69) is 12.8 Å². The summed E-state index contributed by atoms with van der Waals surface area (Å²) in [7, 11) is 0. The van der Waals surface area contributed by atoms with Crippen LogP contribution in [0.25, 0.3) is 0 Å². The lowest BCUT2D eigenvalue weighted by atomic mass is 9.95.